The number of likely N-dealkylation sites (tertiary alicyclic amines) is 1. The lowest BCUT2D eigenvalue weighted by atomic mass is 9.97. The molecular weight excluding hydrogens is 218 g/mol. The van der Waals surface area contributed by atoms with Gasteiger partial charge in [-0.2, -0.15) is 0 Å². The number of carbonyl (C=O) groups is 1. The number of carbonyl (C=O) groups excluding carboxylic acids is 1. The molecule has 0 saturated carbocycles. The second-order valence-corrected chi connectivity index (χ2v) is 5.05. The zero-order chi connectivity index (χ0) is 12.9. The van der Waals surface area contributed by atoms with Gasteiger partial charge in [-0.1, -0.05) is 0 Å². The van der Waals surface area contributed by atoms with Crippen molar-refractivity contribution in [1.82, 2.24) is 4.90 Å². The van der Waals surface area contributed by atoms with Gasteiger partial charge in [-0.3, -0.25) is 4.79 Å². The third-order valence-electron chi connectivity index (χ3n) is 3.37. The number of hydrogen-bond acceptors (Lipinski definition) is 4. The van der Waals surface area contributed by atoms with Crippen LogP contribution in [-0.2, 0) is 9.53 Å². The third kappa shape index (κ3) is 4.61. The Morgan fingerprint density at radius 2 is 2.29 bits per heavy atom. The summed E-state index contributed by atoms with van der Waals surface area (Å²) in [5.74, 6) is -0.434. The molecule has 0 aromatic heterocycles. The highest BCUT2D eigenvalue weighted by Crippen LogP contribution is 2.15. The van der Waals surface area contributed by atoms with Crippen molar-refractivity contribution in [1.29, 1.82) is 0 Å². The molecule has 2 unspecified atom stereocenters. The Labute approximate surface area is 103 Å². The Morgan fingerprint density at radius 3 is 2.88 bits per heavy atom. The summed E-state index contributed by atoms with van der Waals surface area (Å²) in [4.78, 5) is 13.4. The van der Waals surface area contributed by atoms with Gasteiger partial charge >= 0.3 is 0 Å². The van der Waals surface area contributed by atoms with E-state index in [0.29, 0.717) is 12.5 Å². The Bertz CT molecular complexity index is 254. The van der Waals surface area contributed by atoms with Gasteiger partial charge in [0.25, 0.3) is 0 Å². The first-order valence-electron chi connectivity index (χ1n) is 6.38. The summed E-state index contributed by atoms with van der Waals surface area (Å²) in [6.45, 7) is 7.26. The van der Waals surface area contributed by atoms with E-state index < -0.39 is 11.4 Å². The largest absolute Gasteiger partial charge is 0.377 e. The molecule has 5 nitrogen and oxygen atoms in total. The van der Waals surface area contributed by atoms with E-state index in [9.17, 15) is 4.79 Å². The lowest BCUT2D eigenvalue weighted by molar-refractivity contribution is -0.123. The minimum atomic E-state index is -0.904. The number of nitrogens with zero attached hydrogens (tertiary/aromatic N) is 1. The molecule has 0 aromatic rings. The molecule has 1 aliphatic heterocycles. The molecule has 1 aliphatic rings. The molecule has 4 N–H and O–H groups in total. The SMILES string of the molecule is CCOC1CCCN(CCC(C)(N)C(N)=O)C1. The van der Waals surface area contributed by atoms with E-state index in [2.05, 4.69) is 4.90 Å². The Morgan fingerprint density at radius 1 is 1.59 bits per heavy atom. The predicted molar refractivity (Wildman–Crippen MR) is 67.5 cm³/mol. The van der Waals surface area contributed by atoms with Crippen molar-refractivity contribution in [3.63, 3.8) is 0 Å². The fourth-order valence-corrected chi connectivity index (χ4v) is 2.10. The smallest absolute Gasteiger partial charge is 0.237 e. The maximum Gasteiger partial charge on any atom is 0.237 e. The zero-order valence-electron chi connectivity index (χ0n) is 10.9. The molecule has 0 aliphatic carbocycles. The summed E-state index contributed by atoms with van der Waals surface area (Å²) in [5, 5.41) is 0. The standard InChI is InChI=1S/C12H25N3O2/c1-3-17-10-5-4-7-15(9-10)8-6-12(2,14)11(13)16/h10H,3-9,14H2,1-2H3,(H2,13,16). The number of ether oxygens (including phenoxy) is 1. The number of piperidine rings is 1. The average molecular weight is 243 g/mol. The second kappa shape index (κ2) is 6.33. The summed E-state index contributed by atoms with van der Waals surface area (Å²) in [6, 6.07) is 0. The van der Waals surface area contributed by atoms with Crippen LogP contribution in [0.5, 0.6) is 0 Å². The molecule has 0 radical (unpaired) electrons. The number of primary amides is 1. The van der Waals surface area contributed by atoms with E-state index in [1.54, 1.807) is 6.92 Å². The molecule has 0 spiro atoms. The van der Waals surface area contributed by atoms with Crippen LogP contribution >= 0.6 is 0 Å². The van der Waals surface area contributed by atoms with Gasteiger partial charge in [0, 0.05) is 19.7 Å². The summed E-state index contributed by atoms with van der Waals surface area (Å²) in [6.07, 6.45) is 3.19. The van der Waals surface area contributed by atoms with E-state index in [1.165, 1.54) is 0 Å². The first-order chi connectivity index (χ1) is 7.95. The van der Waals surface area contributed by atoms with Crippen LogP contribution in [0.3, 0.4) is 0 Å². The van der Waals surface area contributed by atoms with Crippen molar-refractivity contribution < 1.29 is 9.53 Å². The van der Waals surface area contributed by atoms with Crippen LogP contribution in [0.2, 0.25) is 0 Å². The maximum atomic E-state index is 11.1. The van der Waals surface area contributed by atoms with E-state index in [4.69, 9.17) is 16.2 Å². The van der Waals surface area contributed by atoms with Crippen molar-refractivity contribution in [2.45, 2.75) is 44.8 Å². The molecular formula is C12H25N3O2. The normalized spacial score (nSPS) is 25.5. The lowest BCUT2D eigenvalue weighted by Gasteiger charge is -2.34. The Hall–Kier alpha value is -0.650. The minimum absolute atomic E-state index is 0.325. The van der Waals surface area contributed by atoms with Crippen LogP contribution in [0.1, 0.15) is 33.1 Å². The van der Waals surface area contributed by atoms with E-state index in [1.807, 2.05) is 6.92 Å². The van der Waals surface area contributed by atoms with Crippen molar-refractivity contribution in [2.75, 3.05) is 26.2 Å². The molecule has 1 fully saturated rings. The van der Waals surface area contributed by atoms with E-state index in [0.717, 1.165) is 39.1 Å². The van der Waals surface area contributed by atoms with Gasteiger partial charge in [0.1, 0.15) is 0 Å². The van der Waals surface area contributed by atoms with Gasteiger partial charge in [-0.05, 0) is 39.7 Å². The number of amides is 1. The van der Waals surface area contributed by atoms with Crippen LogP contribution in [0.4, 0.5) is 0 Å². The summed E-state index contributed by atoms with van der Waals surface area (Å²) in [7, 11) is 0. The Kier molecular flexibility index (Phi) is 5.36. The van der Waals surface area contributed by atoms with Crippen LogP contribution in [0, 0.1) is 0 Å². The molecule has 2 atom stereocenters. The van der Waals surface area contributed by atoms with Crippen LogP contribution in [-0.4, -0.2) is 48.7 Å². The molecule has 100 valence electrons. The van der Waals surface area contributed by atoms with Gasteiger partial charge in [-0.15, -0.1) is 0 Å². The predicted octanol–water partition coefficient (Wildman–Crippen LogP) is 0.0801. The molecule has 1 rings (SSSR count). The molecule has 0 bridgehead atoms. The summed E-state index contributed by atoms with van der Waals surface area (Å²) >= 11 is 0. The van der Waals surface area contributed by atoms with Gasteiger partial charge in [0.2, 0.25) is 5.91 Å². The van der Waals surface area contributed by atoms with Gasteiger partial charge in [0.05, 0.1) is 11.6 Å². The number of hydrogen-bond donors (Lipinski definition) is 2. The molecule has 0 aromatic carbocycles. The monoisotopic (exact) mass is 243 g/mol. The lowest BCUT2D eigenvalue weighted by Crippen LogP contribution is -2.52. The minimum Gasteiger partial charge on any atom is -0.377 e. The van der Waals surface area contributed by atoms with Crippen molar-refractivity contribution >= 4 is 5.91 Å². The molecule has 1 amide bonds. The van der Waals surface area contributed by atoms with Crippen molar-refractivity contribution in [3.8, 4) is 0 Å². The first kappa shape index (κ1) is 14.4. The van der Waals surface area contributed by atoms with Crippen LogP contribution in [0.25, 0.3) is 0 Å². The van der Waals surface area contributed by atoms with Crippen molar-refractivity contribution in [3.05, 3.63) is 0 Å². The topological polar surface area (TPSA) is 81.6 Å². The molecule has 17 heavy (non-hydrogen) atoms. The number of nitrogens with two attached hydrogens (primary N) is 2. The third-order valence-corrected chi connectivity index (χ3v) is 3.37. The summed E-state index contributed by atoms with van der Waals surface area (Å²) < 4.78 is 5.63. The second-order valence-electron chi connectivity index (χ2n) is 5.05. The highest BCUT2D eigenvalue weighted by Gasteiger charge is 2.27. The highest BCUT2D eigenvalue weighted by molar-refractivity contribution is 5.83. The number of rotatable bonds is 6. The molecule has 1 saturated heterocycles. The van der Waals surface area contributed by atoms with Crippen LogP contribution < -0.4 is 11.5 Å². The van der Waals surface area contributed by atoms with Gasteiger partial charge in [0.15, 0.2) is 0 Å². The van der Waals surface area contributed by atoms with Crippen molar-refractivity contribution in [2.24, 2.45) is 11.5 Å². The maximum absolute atomic E-state index is 11.1. The van der Waals surface area contributed by atoms with Gasteiger partial charge in [-0.25, -0.2) is 0 Å². The fraction of sp³-hybridized carbons (Fsp3) is 0.917. The first-order valence-corrected chi connectivity index (χ1v) is 6.38. The average Bonchev–Trinajstić information content (AvgIpc) is 2.27. The fourth-order valence-electron chi connectivity index (χ4n) is 2.10. The highest BCUT2D eigenvalue weighted by atomic mass is 16.5. The quantitative estimate of drug-likeness (QED) is 0.692. The van der Waals surface area contributed by atoms with E-state index in [-0.39, 0.29) is 0 Å². The van der Waals surface area contributed by atoms with Crippen LogP contribution in [0.15, 0.2) is 0 Å². The zero-order valence-corrected chi connectivity index (χ0v) is 10.9. The Balaban J connectivity index is 2.34. The summed E-state index contributed by atoms with van der Waals surface area (Å²) in [5.41, 5.74) is 10.2. The van der Waals surface area contributed by atoms with Gasteiger partial charge < -0.3 is 21.1 Å². The van der Waals surface area contributed by atoms with E-state index >= 15 is 0 Å². The molecule has 1 heterocycles. The molecule has 5 heteroatoms.